The summed E-state index contributed by atoms with van der Waals surface area (Å²) in [7, 11) is 0. The molecule has 120 valence electrons. The van der Waals surface area contributed by atoms with Crippen LogP contribution in [0.2, 0.25) is 0 Å². The fourth-order valence-electron chi connectivity index (χ4n) is 2.76. The summed E-state index contributed by atoms with van der Waals surface area (Å²) in [5, 5.41) is 3.08. The summed E-state index contributed by atoms with van der Waals surface area (Å²) in [6.45, 7) is 4.12. The third kappa shape index (κ3) is 2.48. The van der Waals surface area contributed by atoms with Crippen LogP contribution in [0.15, 0.2) is 33.9 Å². The van der Waals surface area contributed by atoms with E-state index in [0.29, 0.717) is 23.1 Å². The van der Waals surface area contributed by atoms with Gasteiger partial charge in [0.15, 0.2) is 0 Å². The molecule has 1 aromatic carbocycles. The second kappa shape index (κ2) is 5.49. The molecule has 5 nitrogen and oxygen atoms in total. The molecular weight excluding hydrogens is 304 g/mol. The molecule has 0 aliphatic rings. The number of aromatic nitrogens is 3. The molecule has 7 heteroatoms. The Kier molecular flexibility index (Phi) is 3.63. The van der Waals surface area contributed by atoms with Gasteiger partial charge in [-0.05, 0) is 25.5 Å². The molecular formula is C16H15F2N3O2. The van der Waals surface area contributed by atoms with Crippen LogP contribution < -0.4 is 11.1 Å². The van der Waals surface area contributed by atoms with Crippen molar-refractivity contribution in [3.63, 3.8) is 0 Å². The number of fused-ring (bicyclic) bond motifs is 1. The van der Waals surface area contributed by atoms with Crippen molar-refractivity contribution < 1.29 is 8.78 Å². The molecule has 0 saturated heterocycles. The molecule has 0 aliphatic heterocycles. The second-order valence-corrected chi connectivity index (χ2v) is 5.39. The highest BCUT2D eigenvalue weighted by Crippen LogP contribution is 2.15. The van der Waals surface area contributed by atoms with E-state index in [2.05, 4.69) is 5.10 Å². The quantitative estimate of drug-likeness (QED) is 0.806. The Bertz CT molecular complexity index is 994. The van der Waals surface area contributed by atoms with Crippen molar-refractivity contribution in [2.24, 2.45) is 0 Å². The van der Waals surface area contributed by atoms with Gasteiger partial charge in [-0.1, -0.05) is 6.92 Å². The lowest BCUT2D eigenvalue weighted by Gasteiger charge is -2.07. The normalized spacial score (nSPS) is 11.3. The van der Waals surface area contributed by atoms with Gasteiger partial charge in [0.1, 0.15) is 11.6 Å². The van der Waals surface area contributed by atoms with Gasteiger partial charge in [0.05, 0.1) is 16.6 Å². The molecule has 0 fully saturated rings. The van der Waals surface area contributed by atoms with E-state index < -0.39 is 17.2 Å². The molecule has 0 unspecified atom stereocenters. The molecule has 0 saturated carbocycles. The second-order valence-electron chi connectivity index (χ2n) is 5.39. The zero-order chi connectivity index (χ0) is 16.7. The minimum atomic E-state index is -0.784. The van der Waals surface area contributed by atoms with E-state index in [1.165, 1.54) is 10.6 Å². The molecule has 3 rings (SSSR count). The summed E-state index contributed by atoms with van der Waals surface area (Å²) in [5.74, 6) is -1.57. The topological polar surface area (TPSA) is 59.8 Å². The molecule has 0 bridgehead atoms. The van der Waals surface area contributed by atoms with E-state index in [-0.39, 0.29) is 11.2 Å². The third-order valence-corrected chi connectivity index (χ3v) is 3.77. The Labute approximate surface area is 129 Å². The summed E-state index contributed by atoms with van der Waals surface area (Å²) < 4.78 is 29.3. The number of aromatic amines is 1. The number of halogens is 2. The molecule has 2 aromatic heterocycles. The first-order chi connectivity index (χ1) is 10.9. The lowest BCUT2D eigenvalue weighted by molar-refractivity contribution is 0.580. The van der Waals surface area contributed by atoms with Crippen LogP contribution in [0.25, 0.3) is 16.6 Å². The lowest BCUT2D eigenvalue weighted by atomic mass is 10.2. The highest BCUT2D eigenvalue weighted by atomic mass is 19.1. The van der Waals surface area contributed by atoms with Crippen LogP contribution in [0.1, 0.15) is 19.0 Å². The smallest absolute Gasteiger partial charge is 0.280 e. The summed E-state index contributed by atoms with van der Waals surface area (Å²) >= 11 is 0. The molecule has 0 radical (unpaired) electrons. The first-order valence-electron chi connectivity index (χ1n) is 7.24. The molecule has 2 heterocycles. The third-order valence-electron chi connectivity index (χ3n) is 3.77. The number of hydrogen-bond acceptors (Lipinski definition) is 2. The van der Waals surface area contributed by atoms with Gasteiger partial charge in [0.25, 0.3) is 11.1 Å². The predicted octanol–water partition coefficient (Wildman–Crippen LogP) is 2.48. The highest BCUT2D eigenvalue weighted by molar-refractivity contribution is 5.80. The lowest BCUT2D eigenvalue weighted by Crippen LogP contribution is -2.23. The molecule has 3 aromatic rings. The van der Waals surface area contributed by atoms with Crippen molar-refractivity contribution in [1.29, 1.82) is 0 Å². The Morgan fingerprint density at radius 1 is 1.09 bits per heavy atom. The number of H-pyrrole nitrogens is 1. The summed E-state index contributed by atoms with van der Waals surface area (Å²) in [6, 6.07) is 4.15. The van der Waals surface area contributed by atoms with E-state index in [4.69, 9.17) is 0 Å². The predicted molar refractivity (Wildman–Crippen MR) is 83.1 cm³/mol. The van der Waals surface area contributed by atoms with Crippen molar-refractivity contribution in [3.05, 3.63) is 62.3 Å². The molecule has 0 spiro atoms. The van der Waals surface area contributed by atoms with Crippen LogP contribution in [-0.4, -0.2) is 14.3 Å². The first kappa shape index (κ1) is 15.2. The van der Waals surface area contributed by atoms with E-state index in [0.717, 1.165) is 29.3 Å². The van der Waals surface area contributed by atoms with Crippen LogP contribution in [-0.2, 0) is 6.54 Å². The average molecular weight is 319 g/mol. The summed E-state index contributed by atoms with van der Waals surface area (Å²) in [4.78, 5) is 24.7. The minimum Gasteiger partial charge on any atom is -0.312 e. The number of hydrogen-bond donors (Lipinski definition) is 1. The number of benzene rings is 1. The molecule has 1 N–H and O–H groups in total. The molecule has 0 amide bonds. The largest absolute Gasteiger partial charge is 0.312 e. The zero-order valence-electron chi connectivity index (χ0n) is 12.7. The van der Waals surface area contributed by atoms with Gasteiger partial charge in [0, 0.05) is 24.4 Å². The van der Waals surface area contributed by atoms with Crippen LogP contribution in [0.5, 0.6) is 0 Å². The van der Waals surface area contributed by atoms with Crippen LogP contribution >= 0.6 is 0 Å². The fraction of sp³-hybridized carbons (Fsp3) is 0.250. The van der Waals surface area contributed by atoms with Gasteiger partial charge in [-0.15, -0.1) is 0 Å². The highest BCUT2D eigenvalue weighted by Gasteiger charge is 2.15. The Balaban J connectivity index is 2.33. The van der Waals surface area contributed by atoms with E-state index in [1.54, 1.807) is 6.92 Å². The number of pyridine rings is 1. The molecule has 0 aliphatic carbocycles. The number of nitrogens with zero attached hydrogens (tertiary/aromatic N) is 2. The average Bonchev–Trinajstić information content (AvgIpc) is 2.79. The van der Waals surface area contributed by atoms with Gasteiger partial charge >= 0.3 is 0 Å². The van der Waals surface area contributed by atoms with Crippen LogP contribution in [0.3, 0.4) is 0 Å². The number of aryl methyl sites for hydroxylation is 1. The maximum atomic E-state index is 13.4. The Morgan fingerprint density at radius 2 is 1.74 bits per heavy atom. The van der Waals surface area contributed by atoms with Crippen molar-refractivity contribution in [3.8, 4) is 5.69 Å². The standard InChI is InChI=1S/C16H15F2N3O2/c1-3-4-20-9(2)15-13(8-14(20)22)19-21(16(15)23)12-6-10(17)5-11(18)7-12/h5-8,19H,3-4H2,1-2H3. The minimum absolute atomic E-state index is 0.0394. The monoisotopic (exact) mass is 319 g/mol. The van der Waals surface area contributed by atoms with Crippen molar-refractivity contribution in [2.75, 3.05) is 0 Å². The van der Waals surface area contributed by atoms with E-state index in [9.17, 15) is 18.4 Å². The van der Waals surface area contributed by atoms with E-state index >= 15 is 0 Å². The number of nitrogens with one attached hydrogen (secondary N) is 1. The van der Waals surface area contributed by atoms with Gasteiger partial charge in [0.2, 0.25) is 0 Å². The molecule has 0 atom stereocenters. The van der Waals surface area contributed by atoms with E-state index in [1.807, 2.05) is 6.92 Å². The maximum Gasteiger partial charge on any atom is 0.280 e. The summed E-state index contributed by atoms with van der Waals surface area (Å²) in [6.07, 6.45) is 0.750. The summed E-state index contributed by atoms with van der Waals surface area (Å²) in [5.41, 5.74) is 0.237. The van der Waals surface area contributed by atoms with Gasteiger partial charge in [-0.2, -0.15) is 0 Å². The fourth-order valence-corrected chi connectivity index (χ4v) is 2.76. The van der Waals surface area contributed by atoms with Gasteiger partial charge in [-0.3, -0.25) is 14.7 Å². The first-order valence-corrected chi connectivity index (χ1v) is 7.24. The SMILES string of the molecule is CCCn1c(C)c2c(=O)n(-c3cc(F)cc(F)c3)[nH]c2cc1=O. The maximum absolute atomic E-state index is 13.4. The number of rotatable bonds is 3. The van der Waals surface area contributed by atoms with Crippen molar-refractivity contribution in [1.82, 2.24) is 14.3 Å². The molecule has 23 heavy (non-hydrogen) atoms. The van der Waals surface area contributed by atoms with Crippen LogP contribution in [0, 0.1) is 18.6 Å². The zero-order valence-corrected chi connectivity index (χ0v) is 12.7. The van der Waals surface area contributed by atoms with Crippen molar-refractivity contribution in [2.45, 2.75) is 26.8 Å². The van der Waals surface area contributed by atoms with Crippen molar-refractivity contribution >= 4 is 10.9 Å². The van der Waals surface area contributed by atoms with Gasteiger partial charge in [-0.25, -0.2) is 13.5 Å². The van der Waals surface area contributed by atoms with Crippen LogP contribution in [0.4, 0.5) is 8.78 Å². The Morgan fingerprint density at radius 3 is 2.35 bits per heavy atom. The Hall–Kier alpha value is -2.70. The van der Waals surface area contributed by atoms with Gasteiger partial charge < -0.3 is 4.57 Å².